The van der Waals surface area contributed by atoms with Gasteiger partial charge in [0.15, 0.2) is 0 Å². The molecule has 0 aliphatic carbocycles. The Balaban J connectivity index is 1.88. The molecule has 0 amide bonds. The number of rotatable bonds is 5. The standard InChI is InChI=1S/C15H24N2O3/c1-11(12-4-5-13(20-12)14(18)19)16-10-15(2)6-8-17(3)9-7-15/h4-5,11,16H,6-10H2,1-3H3,(H,18,19). The lowest BCUT2D eigenvalue weighted by Gasteiger charge is -2.38. The van der Waals surface area contributed by atoms with Crippen molar-refractivity contribution in [2.24, 2.45) is 5.41 Å². The lowest BCUT2D eigenvalue weighted by Crippen LogP contribution is -2.42. The lowest BCUT2D eigenvalue weighted by molar-refractivity contribution is 0.0659. The highest BCUT2D eigenvalue weighted by atomic mass is 16.4. The molecule has 20 heavy (non-hydrogen) atoms. The zero-order valence-electron chi connectivity index (χ0n) is 12.5. The number of carboxylic acids is 1. The van der Waals surface area contributed by atoms with Crippen LogP contribution in [0.1, 0.15) is 49.0 Å². The molecule has 2 N–H and O–H groups in total. The Kier molecular flexibility index (Phi) is 4.50. The summed E-state index contributed by atoms with van der Waals surface area (Å²) in [7, 11) is 2.16. The summed E-state index contributed by atoms with van der Waals surface area (Å²) in [6.45, 7) is 7.51. The number of nitrogens with zero attached hydrogens (tertiary/aromatic N) is 1. The van der Waals surface area contributed by atoms with E-state index in [-0.39, 0.29) is 11.8 Å². The monoisotopic (exact) mass is 280 g/mol. The van der Waals surface area contributed by atoms with Crippen LogP contribution in [0.5, 0.6) is 0 Å². The third-order valence-electron chi connectivity index (χ3n) is 4.29. The first-order valence-electron chi connectivity index (χ1n) is 7.15. The molecule has 5 heteroatoms. The van der Waals surface area contributed by atoms with Crippen LogP contribution in [-0.2, 0) is 0 Å². The quantitative estimate of drug-likeness (QED) is 0.866. The van der Waals surface area contributed by atoms with Gasteiger partial charge in [-0.25, -0.2) is 4.79 Å². The second-order valence-electron chi connectivity index (χ2n) is 6.22. The van der Waals surface area contributed by atoms with Crippen LogP contribution in [0.2, 0.25) is 0 Å². The number of carboxylic acid groups (broad SMARTS) is 1. The van der Waals surface area contributed by atoms with Crippen molar-refractivity contribution in [1.29, 1.82) is 0 Å². The van der Waals surface area contributed by atoms with E-state index in [0.29, 0.717) is 11.2 Å². The number of aromatic carboxylic acids is 1. The number of furan rings is 1. The molecule has 1 unspecified atom stereocenters. The molecule has 1 atom stereocenters. The molecular formula is C15H24N2O3. The molecule has 1 aliphatic heterocycles. The number of likely N-dealkylation sites (tertiary alicyclic amines) is 1. The second-order valence-corrected chi connectivity index (χ2v) is 6.22. The molecule has 1 aliphatic rings. The highest BCUT2D eigenvalue weighted by Crippen LogP contribution is 2.30. The predicted octanol–water partition coefficient (Wildman–Crippen LogP) is 2.36. The van der Waals surface area contributed by atoms with Gasteiger partial charge in [-0.3, -0.25) is 0 Å². The van der Waals surface area contributed by atoms with E-state index in [1.807, 2.05) is 6.92 Å². The van der Waals surface area contributed by atoms with Gasteiger partial charge in [-0.1, -0.05) is 6.92 Å². The Labute approximate surface area is 119 Å². The summed E-state index contributed by atoms with van der Waals surface area (Å²) in [5, 5.41) is 12.3. The Bertz CT molecular complexity index is 461. The summed E-state index contributed by atoms with van der Waals surface area (Å²) >= 11 is 0. The van der Waals surface area contributed by atoms with E-state index in [4.69, 9.17) is 9.52 Å². The molecule has 5 nitrogen and oxygen atoms in total. The van der Waals surface area contributed by atoms with Crippen molar-refractivity contribution < 1.29 is 14.3 Å². The molecule has 1 saturated heterocycles. The van der Waals surface area contributed by atoms with Gasteiger partial charge in [-0.05, 0) is 57.5 Å². The fourth-order valence-electron chi connectivity index (χ4n) is 2.54. The minimum Gasteiger partial charge on any atom is -0.475 e. The molecule has 1 aromatic rings. The van der Waals surface area contributed by atoms with Gasteiger partial charge in [0, 0.05) is 6.54 Å². The maximum absolute atomic E-state index is 10.8. The van der Waals surface area contributed by atoms with Crippen LogP contribution in [0.3, 0.4) is 0 Å². The number of hydrogen-bond donors (Lipinski definition) is 2. The van der Waals surface area contributed by atoms with E-state index in [0.717, 1.165) is 19.6 Å². The van der Waals surface area contributed by atoms with Crippen LogP contribution in [-0.4, -0.2) is 42.7 Å². The third-order valence-corrected chi connectivity index (χ3v) is 4.29. The van der Waals surface area contributed by atoms with Crippen molar-refractivity contribution in [3.63, 3.8) is 0 Å². The first-order valence-corrected chi connectivity index (χ1v) is 7.15. The molecule has 0 radical (unpaired) electrons. The minimum atomic E-state index is -1.02. The fourth-order valence-corrected chi connectivity index (χ4v) is 2.54. The van der Waals surface area contributed by atoms with Gasteiger partial charge in [0.1, 0.15) is 5.76 Å². The summed E-state index contributed by atoms with van der Waals surface area (Å²) in [5.41, 5.74) is 0.309. The van der Waals surface area contributed by atoms with Crippen LogP contribution in [0.15, 0.2) is 16.5 Å². The topological polar surface area (TPSA) is 65.7 Å². The van der Waals surface area contributed by atoms with Gasteiger partial charge in [0.2, 0.25) is 5.76 Å². The lowest BCUT2D eigenvalue weighted by atomic mass is 9.80. The number of carbonyl (C=O) groups is 1. The first-order chi connectivity index (χ1) is 9.39. The second kappa shape index (κ2) is 5.97. The van der Waals surface area contributed by atoms with Crippen LogP contribution in [0.25, 0.3) is 0 Å². The van der Waals surface area contributed by atoms with Crippen LogP contribution >= 0.6 is 0 Å². The Morgan fingerprint density at radius 3 is 2.70 bits per heavy atom. The highest BCUT2D eigenvalue weighted by molar-refractivity contribution is 5.84. The van der Waals surface area contributed by atoms with Gasteiger partial charge < -0.3 is 19.7 Å². The minimum absolute atomic E-state index is 0.000784. The molecule has 112 valence electrons. The summed E-state index contributed by atoms with van der Waals surface area (Å²) in [4.78, 5) is 13.2. The zero-order valence-corrected chi connectivity index (χ0v) is 12.5. The van der Waals surface area contributed by atoms with Crippen molar-refractivity contribution >= 4 is 5.97 Å². The molecule has 2 heterocycles. The number of piperidine rings is 1. The summed E-state index contributed by atoms with van der Waals surface area (Å²) < 4.78 is 5.33. The fraction of sp³-hybridized carbons (Fsp3) is 0.667. The van der Waals surface area contributed by atoms with Crippen LogP contribution < -0.4 is 5.32 Å². The van der Waals surface area contributed by atoms with Crippen LogP contribution in [0, 0.1) is 5.41 Å². The molecule has 1 aromatic heterocycles. The van der Waals surface area contributed by atoms with E-state index in [9.17, 15) is 4.79 Å². The maximum Gasteiger partial charge on any atom is 0.371 e. The molecule has 0 aromatic carbocycles. The summed E-state index contributed by atoms with van der Waals surface area (Å²) in [5.74, 6) is -0.344. The van der Waals surface area contributed by atoms with E-state index in [1.54, 1.807) is 6.07 Å². The average molecular weight is 280 g/mol. The molecule has 2 rings (SSSR count). The van der Waals surface area contributed by atoms with Crippen molar-refractivity contribution in [2.75, 3.05) is 26.7 Å². The molecule has 0 bridgehead atoms. The SMILES string of the molecule is CC(NCC1(C)CCN(C)CC1)c1ccc(C(=O)O)o1. The van der Waals surface area contributed by atoms with Crippen molar-refractivity contribution in [3.8, 4) is 0 Å². The van der Waals surface area contributed by atoms with Crippen molar-refractivity contribution in [2.45, 2.75) is 32.7 Å². The summed E-state index contributed by atoms with van der Waals surface area (Å²) in [6.07, 6.45) is 2.36. The van der Waals surface area contributed by atoms with E-state index in [1.165, 1.54) is 18.9 Å². The molecule has 1 fully saturated rings. The Morgan fingerprint density at radius 2 is 2.15 bits per heavy atom. The van der Waals surface area contributed by atoms with E-state index < -0.39 is 5.97 Å². The Hall–Kier alpha value is -1.33. The third kappa shape index (κ3) is 3.61. The normalized spacial score (nSPS) is 20.8. The summed E-state index contributed by atoms with van der Waals surface area (Å²) in [6, 6.07) is 3.27. The Morgan fingerprint density at radius 1 is 1.50 bits per heavy atom. The van der Waals surface area contributed by atoms with E-state index >= 15 is 0 Å². The number of nitrogens with one attached hydrogen (secondary N) is 1. The highest BCUT2D eigenvalue weighted by Gasteiger charge is 2.29. The average Bonchev–Trinajstić information content (AvgIpc) is 2.90. The largest absolute Gasteiger partial charge is 0.475 e. The van der Waals surface area contributed by atoms with Gasteiger partial charge in [-0.2, -0.15) is 0 Å². The van der Waals surface area contributed by atoms with Crippen LogP contribution in [0.4, 0.5) is 0 Å². The molecular weight excluding hydrogens is 256 g/mol. The van der Waals surface area contributed by atoms with Gasteiger partial charge in [0.25, 0.3) is 0 Å². The predicted molar refractivity (Wildman–Crippen MR) is 76.9 cm³/mol. The number of hydrogen-bond acceptors (Lipinski definition) is 4. The zero-order chi connectivity index (χ0) is 14.8. The van der Waals surface area contributed by atoms with Gasteiger partial charge >= 0.3 is 5.97 Å². The maximum atomic E-state index is 10.8. The van der Waals surface area contributed by atoms with Gasteiger partial charge in [0.05, 0.1) is 6.04 Å². The van der Waals surface area contributed by atoms with Crippen molar-refractivity contribution in [1.82, 2.24) is 10.2 Å². The smallest absolute Gasteiger partial charge is 0.371 e. The first kappa shape index (κ1) is 15.1. The van der Waals surface area contributed by atoms with Gasteiger partial charge in [-0.15, -0.1) is 0 Å². The molecule has 0 saturated carbocycles. The molecule has 0 spiro atoms. The van der Waals surface area contributed by atoms with Crippen molar-refractivity contribution in [3.05, 3.63) is 23.7 Å². The van der Waals surface area contributed by atoms with E-state index in [2.05, 4.69) is 24.2 Å².